The molecule has 3 aromatic rings. The van der Waals surface area contributed by atoms with Crippen molar-refractivity contribution in [2.45, 2.75) is 19.4 Å². The van der Waals surface area contributed by atoms with Crippen molar-refractivity contribution in [3.63, 3.8) is 0 Å². The lowest BCUT2D eigenvalue weighted by Crippen LogP contribution is -2.14. The number of rotatable bonds is 3. The van der Waals surface area contributed by atoms with Crippen molar-refractivity contribution in [1.82, 2.24) is 4.57 Å². The Labute approximate surface area is 130 Å². The van der Waals surface area contributed by atoms with Gasteiger partial charge in [0.15, 0.2) is 0 Å². The first kappa shape index (κ1) is 13.3. The van der Waals surface area contributed by atoms with Crippen LogP contribution in [0.5, 0.6) is 5.75 Å². The maximum absolute atomic E-state index is 5.40. The summed E-state index contributed by atoms with van der Waals surface area (Å²) in [6.45, 7) is 1.97. The smallest absolute Gasteiger partial charge is 0.119 e. The summed E-state index contributed by atoms with van der Waals surface area (Å²) in [6, 6.07) is 17.0. The number of fused-ring (bicyclic) bond motifs is 3. The van der Waals surface area contributed by atoms with Crippen molar-refractivity contribution in [2.75, 3.05) is 19.0 Å². The molecule has 1 N–H and O–H groups in total. The van der Waals surface area contributed by atoms with Crippen LogP contribution in [0.4, 0.5) is 5.69 Å². The summed E-state index contributed by atoms with van der Waals surface area (Å²) in [5.74, 6) is 0.916. The summed E-state index contributed by atoms with van der Waals surface area (Å²) in [4.78, 5) is 0. The molecule has 0 unspecified atom stereocenters. The molecule has 3 heteroatoms. The van der Waals surface area contributed by atoms with Crippen LogP contribution < -0.4 is 10.1 Å². The van der Waals surface area contributed by atoms with Crippen LogP contribution in [0.15, 0.2) is 48.5 Å². The van der Waals surface area contributed by atoms with Gasteiger partial charge < -0.3 is 14.6 Å². The van der Waals surface area contributed by atoms with Gasteiger partial charge in [-0.1, -0.05) is 30.3 Å². The summed E-state index contributed by atoms with van der Waals surface area (Å²) in [7, 11) is 1.72. The normalized spacial score (nSPS) is 13.7. The van der Waals surface area contributed by atoms with Gasteiger partial charge in [-0.2, -0.15) is 0 Å². The molecule has 2 aromatic carbocycles. The van der Waals surface area contributed by atoms with Crippen molar-refractivity contribution >= 4 is 16.6 Å². The van der Waals surface area contributed by atoms with Crippen molar-refractivity contribution in [2.24, 2.45) is 0 Å². The van der Waals surface area contributed by atoms with Gasteiger partial charge in [-0.3, -0.25) is 0 Å². The average Bonchev–Trinajstić information content (AvgIpc) is 2.89. The lowest BCUT2D eigenvalue weighted by Gasteiger charge is -2.17. The van der Waals surface area contributed by atoms with Crippen molar-refractivity contribution in [3.8, 4) is 5.75 Å². The van der Waals surface area contributed by atoms with Crippen LogP contribution in [0.1, 0.15) is 17.7 Å². The highest BCUT2D eigenvalue weighted by atomic mass is 16.5. The standard InChI is InChI=1S/C19H20N2O/c1-22-15-9-10-17-16(12-15)19-18(8-5-11-20-19)21(17)13-14-6-3-2-4-7-14/h2-4,6-7,9-10,12,20H,5,8,11,13H2,1H3. The Balaban J connectivity index is 1.89. The van der Waals surface area contributed by atoms with E-state index in [-0.39, 0.29) is 0 Å². The second-order valence-electron chi connectivity index (χ2n) is 5.81. The van der Waals surface area contributed by atoms with Crippen molar-refractivity contribution in [3.05, 3.63) is 59.8 Å². The largest absolute Gasteiger partial charge is 0.497 e. The zero-order valence-corrected chi connectivity index (χ0v) is 12.8. The summed E-state index contributed by atoms with van der Waals surface area (Å²) in [6.07, 6.45) is 2.32. The van der Waals surface area contributed by atoms with Gasteiger partial charge in [0.2, 0.25) is 0 Å². The van der Waals surface area contributed by atoms with Gasteiger partial charge in [0, 0.05) is 24.2 Å². The Morgan fingerprint density at radius 3 is 2.82 bits per heavy atom. The summed E-state index contributed by atoms with van der Waals surface area (Å²) >= 11 is 0. The van der Waals surface area contributed by atoms with E-state index in [1.165, 1.54) is 34.3 Å². The molecule has 112 valence electrons. The molecule has 1 aliphatic heterocycles. The molecule has 1 aliphatic rings. The third kappa shape index (κ3) is 2.13. The first-order valence-electron chi connectivity index (χ1n) is 7.84. The van der Waals surface area contributed by atoms with Crippen LogP contribution >= 0.6 is 0 Å². The fourth-order valence-corrected chi connectivity index (χ4v) is 3.39. The second kappa shape index (κ2) is 5.41. The predicted octanol–water partition coefficient (Wildman–Crippen LogP) is 4.06. The fourth-order valence-electron chi connectivity index (χ4n) is 3.39. The molecule has 4 rings (SSSR count). The van der Waals surface area contributed by atoms with E-state index >= 15 is 0 Å². The number of hydrogen-bond donors (Lipinski definition) is 1. The van der Waals surface area contributed by atoms with E-state index in [9.17, 15) is 0 Å². The number of methoxy groups -OCH3 is 1. The minimum atomic E-state index is 0.916. The summed E-state index contributed by atoms with van der Waals surface area (Å²) in [5.41, 5.74) is 5.32. The van der Waals surface area contributed by atoms with E-state index in [2.05, 4.69) is 58.4 Å². The Kier molecular flexibility index (Phi) is 3.26. The minimum Gasteiger partial charge on any atom is -0.497 e. The Morgan fingerprint density at radius 1 is 1.14 bits per heavy atom. The number of nitrogens with one attached hydrogen (secondary N) is 1. The predicted molar refractivity (Wildman–Crippen MR) is 90.8 cm³/mol. The Bertz CT molecular complexity index is 805. The Hall–Kier alpha value is -2.42. The first-order valence-corrected chi connectivity index (χ1v) is 7.84. The number of ether oxygens (including phenoxy) is 1. The fraction of sp³-hybridized carbons (Fsp3) is 0.263. The molecule has 3 nitrogen and oxygen atoms in total. The van der Waals surface area contributed by atoms with Gasteiger partial charge in [0.1, 0.15) is 5.75 Å². The number of hydrogen-bond acceptors (Lipinski definition) is 2. The van der Waals surface area contributed by atoms with Gasteiger partial charge in [-0.15, -0.1) is 0 Å². The molecular formula is C19H20N2O. The van der Waals surface area contributed by atoms with Gasteiger partial charge in [0.25, 0.3) is 0 Å². The SMILES string of the molecule is COc1ccc2c(c1)c1c(n2Cc2ccccc2)CCCN1. The molecule has 2 heterocycles. The monoisotopic (exact) mass is 292 g/mol. The Morgan fingerprint density at radius 2 is 2.00 bits per heavy atom. The van der Waals surface area contributed by atoms with E-state index in [0.717, 1.165) is 25.3 Å². The molecule has 0 saturated carbocycles. The highest BCUT2D eigenvalue weighted by Crippen LogP contribution is 2.36. The topological polar surface area (TPSA) is 26.2 Å². The average molecular weight is 292 g/mol. The summed E-state index contributed by atoms with van der Waals surface area (Å²) < 4.78 is 7.85. The van der Waals surface area contributed by atoms with Crippen molar-refractivity contribution in [1.29, 1.82) is 0 Å². The van der Waals surface area contributed by atoms with Gasteiger partial charge in [0.05, 0.1) is 18.3 Å². The van der Waals surface area contributed by atoms with Crippen LogP contribution in [-0.2, 0) is 13.0 Å². The van der Waals surface area contributed by atoms with Crippen LogP contribution in [0.3, 0.4) is 0 Å². The molecule has 0 radical (unpaired) electrons. The molecule has 22 heavy (non-hydrogen) atoms. The van der Waals surface area contributed by atoms with E-state index in [1.54, 1.807) is 7.11 Å². The molecule has 0 fully saturated rings. The maximum atomic E-state index is 5.40. The second-order valence-corrected chi connectivity index (χ2v) is 5.81. The number of anilines is 1. The molecule has 0 spiro atoms. The van der Waals surface area contributed by atoms with E-state index < -0.39 is 0 Å². The van der Waals surface area contributed by atoms with Gasteiger partial charge >= 0.3 is 0 Å². The van der Waals surface area contributed by atoms with Crippen LogP contribution in [0, 0.1) is 0 Å². The number of nitrogens with zero attached hydrogens (tertiary/aromatic N) is 1. The zero-order chi connectivity index (χ0) is 14.9. The number of benzene rings is 2. The molecule has 0 bridgehead atoms. The highest BCUT2D eigenvalue weighted by Gasteiger charge is 2.20. The molecule has 0 saturated heterocycles. The van der Waals surface area contributed by atoms with Crippen LogP contribution in [-0.4, -0.2) is 18.2 Å². The maximum Gasteiger partial charge on any atom is 0.119 e. The van der Waals surface area contributed by atoms with Gasteiger partial charge in [-0.05, 0) is 36.6 Å². The quantitative estimate of drug-likeness (QED) is 0.788. The van der Waals surface area contributed by atoms with Crippen LogP contribution in [0.2, 0.25) is 0 Å². The third-order valence-corrected chi connectivity index (χ3v) is 4.45. The molecule has 0 aliphatic carbocycles. The van der Waals surface area contributed by atoms with E-state index in [0.29, 0.717) is 0 Å². The third-order valence-electron chi connectivity index (χ3n) is 4.45. The molecule has 0 atom stereocenters. The minimum absolute atomic E-state index is 0.916. The lowest BCUT2D eigenvalue weighted by atomic mass is 10.1. The summed E-state index contributed by atoms with van der Waals surface area (Å²) in [5, 5.41) is 4.86. The number of aromatic nitrogens is 1. The van der Waals surface area contributed by atoms with Gasteiger partial charge in [-0.25, -0.2) is 0 Å². The highest BCUT2D eigenvalue weighted by molar-refractivity contribution is 5.96. The zero-order valence-electron chi connectivity index (χ0n) is 12.8. The lowest BCUT2D eigenvalue weighted by molar-refractivity contribution is 0.415. The van der Waals surface area contributed by atoms with E-state index in [4.69, 9.17) is 4.74 Å². The molecular weight excluding hydrogens is 272 g/mol. The first-order chi connectivity index (χ1) is 10.9. The van der Waals surface area contributed by atoms with Crippen LogP contribution in [0.25, 0.3) is 10.9 Å². The van der Waals surface area contributed by atoms with Crippen molar-refractivity contribution < 1.29 is 4.74 Å². The molecule has 1 aromatic heterocycles. The van der Waals surface area contributed by atoms with E-state index in [1.807, 2.05) is 0 Å². The molecule has 0 amide bonds.